The minimum Gasteiger partial charge on any atom is -0.444 e. The van der Waals surface area contributed by atoms with E-state index in [4.69, 9.17) is 10.2 Å². The molecule has 2 aromatic rings. The van der Waals surface area contributed by atoms with E-state index < -0.39 is 6.04 Å². The minimum atomic E-state index is -0.695. The van der Waals surface area contributed by atoms with Crippen LogP contribution < -0.4 is 11.1 Å². The zero-order valence-electron chi connectivity index (χ0n) is 11.0. The van der Waals surface area contributed by atoms with Crippen molar-refractivity contribution in [2.75, 3.05) is 0 Å². The largest absolute Gasteiger partial charge is 0.444 e. The van der Waals surface area contributed by atoms with E-state index in [1.54, 1.807) is 20.0 Å². The highest BCUT2D eigenvalue weighted by Crippen LogP contribution is 2.15. The van der Waals surface area contributed by atoms with Crippen LogP contribution in [0.3, 0.4) is 0 Å². The van der Waals surface area contributed by atoms with Crippen molar-refractivity contribution in [3.8, 4) is 0 Å². The molecule has 1 amide bonds. The monoisotopic (exact) mass is 259 g/mol. The summed E-state index contributed by atoms with van der Waals surface area (Å²) in [7, 11) is 0. The molecule has 3 N–H and O–H groups in total. The number of benzene rings is 1. The molecule has 1 unspecified atom stereocenters. The normalized spacial score (nSPS) is 13.8. The van der Waals surface area contributed by atoms with Crippen LogP contribution in [-0.4, -0.2) is 10.9 Å². The number of rotatable bonds is 4. The number of carbonyl (C=O) groups is 1. The number of hydrogen-bond donors (Lipinski definition) is 2. The lowest BCUT2D eigenvalue weighted by Crippen LogP contribution is -2.35. The molecule has 1 heterocycles. The van der Waals surface area contributed by atoms with Gasteiger partial charge in [-0.1, -0.05) is 30.3 Å². The maximum Gasteiger partial charge on any atom is 0.242 e. The molecule has 0 saturated carbocycles. The predicted molar refractivity (Wildman–Crippen MR) is 71.2 cm³/mol. The van der Waals surface area contributed by atoms with Gasteiger partial charge < -0.3 is 15.5 Å². The fourth-order valence-corrected chi connectivity index (χ4v) is 1.75. The van der Waals surface area contributed by atoms with Crippen LogP contribution in [0.1, 0.15) is 36.2 Å². The third-order valence-corrected chi connectivity index (χ3v) is 2.81. The van der Waals surface area contributed by atoms with Gasteiger partial charge in [-0.2, -0.15) is 0 Å². The molecule has 0 fully saturated rings. The van der Waals surface area contributed by atoms with Crippen molar-refractivity contribution in [1.29, 1.82) is 0 Å². The van der Waals surface area contributed by atoms with Crippen molar-refractivity contribution >= 4 is 5.91 Å². The molecule has 0 spiro atoms. The van der Waals surface area contributed by atoms with Crippen molar-refractivity contribution in [2.45, 2.75) is 25.9 Å². The van der Waals surface area contributed by atoms with Gasteiger partial charge in [0, 0.05) is 0 Å². The fraction of sp³-hybridized carbons (Fsp3) is 0.286. The van der Waals surface area contributed by atoms with Gasteiger partial charge in [0.2, 0.25) is 11.8 Å². The summed E-state index contributed by atoms with van der Waals surface area (Å²) in [6.07, 6.45) is 1.62. The Balaban J connectivity index is 2.01. The van der Waals surface area contributed by atoms with Gasteiger partial charge in [-0.05, 0) is 19.4 Å². The molecule has 0 radical (unpaired) electrons. The van der Waals surface area contributed by atoms with Crippen molar-refractivity contribution in [3.05, 3.63) is 53.7 Å². The second-order valence-corrected chi connectivity index (χ2v) is 4.43. The first-order valence-corrected chi connectivity index (χ1v) is 6.11. The summed E-state index contributed by atoms with van der Waals surface area (Å²) in [6.45, 7) is 3.61. The van der Waals surface area contributed by atoms with E-state index in [2.05, 4.69) is 10.3 Å². The molecule has 2 rings (SSSR count). The van der Waals surface area contributed by atoms with Crippen LogP contribution in [0.4, 0.5) is 0 Å². The van der Waals surface area contributed by atoms with E-state index in [1.807, 2.05) is 30.3 Å². The van der Waals surface area contributed by atoms with E-state index in [0.29, 0.717) is 11.7 Å². The number of aryl methyl sites for hydroxylation is 1. The Morgan fingerprint density at radius 2 is 2.05 bits per heavy atom. The molecule has 5 nitrogen and oxygen atoms in total. The summed E-state index contributed by atoms with van der Waals surface area (Å²) in [4.78, 5) is 16.1. The maximum atomic E-state index is 12.0. The van der Waals surface area contributed by atoms with Gasteiger partial charge in [0.25, 0.3) is 0 Å². The summed E-state index contributed by atoms with van der Waals surface area (Å²) in [5, 5.41) is 2.79. The molecule has 100 valence electrons. The first-order chi connectivity index (χ1) is 9.08. The number of oxazole rings is 1. The second kappa shape index (κ2) is 5.67. The minimum absolute atomic E-state index is 0.255. The fourth-order valence-electron chi connectivity index (χ4n) is 1.75. The zero-order chi connectivity index (χ0) is 13.8. The standard InChI is InChI=1S/C14H17N3O2/c1-9-8-16-14(19-9)10(2)17-13(18)12(15)11-6-4-3-5-7-11/h3-8,10,12H,15H2,1-2H3,(H,17,18)/t10?,12-/m0/s1. The second-order valence-electron chi connectivity index (χ2n) is 4.43. The number of amides is 1. The predicted octanol–water partition coefficient (Wildman–Crippen LogP) is 1.86. The van der Waals surface area contributed by atoms with E-state index in [9.17, 15) is 4.79 Å². The van der Waals surface area contributed by atoms with Crippen molar-refractivity contribution in [2.24, 2.45) is 5.73 Å². The zero-order valence-corrected chi connectivity index (χ0v) is 11.0. The van der Waals surface area contributed by atoms with Crippen LogP contribution in [0.5, 0.6) is 0 Å². The molecule has 0 aliphatic rings. The SMILES string of the molecule is Cc1cnc(C(C)NC(=O)[C@@H](N)c2ccccc2)o1. The molecule has 1 aromatic carbocycles. The molecule has 0 saturated heterocycles. The molecule has 1 aromatic heterocycles. The van der Waals surface area contributed by atoms with Gasteiger partial charge in [0.15, 0.2) is 0 Å². The van der Waals surface area contributed by atoms with Gasteiger partial charge in [0.1, 0.15) is 17.8 Å². The third-order valence-electron chi connectivity index (χ3n) is 2.81. The summed E-state index contributed by atoms with van der Waals surface area (Å²) in [6, 6.07) is 8.23. The number of nitrogens with zero attached hydrogens (tertiary/aromatic N) is 1. The smallest absolute Gasteiger partial charge is 0.242 e. The highest BCUT2D eigenvalue weighted by atomic mass is 16.4. The number of hydrogen-bond acceptors (Lipinski definition) is 4. The number of nitrogens with one attached hydrogen (secondary N) is 1. The van der Waals surface area contributed by atoms with E-state index in [1.165, 1.54) is 0 Å². The Hall–Kier alpha value is -2.14. The summed E-state index contributed by atoms with van der Waals surface area (Å²) in [5.74, 6) is 0.934. The van der Waals surface area contributed by atoms with Crippen LogP contribution >= 0.6 is 0 Å². The van der Waals surface area contributed by atoms with Crippen LogP contribution in [0.25, 0.3) is 0 Å². The van der Waals surface area contributed by atoms with E-state index >= 15 is 0 Å². The van der Waals surface area contributed by atoms with Gasteiger partial charge >= 0.3 is 0 Å². The van der Waals surface area contributed by atoms with Crippen molar-refractivity contribution in [3.63, 3.8) is 0 Å². The molecular weight excluding hydrogens is 242 g/mol. The summed E-state index contributed by atoms with van der Waals surface area (Å²) >= 11 is 0. The molecule has 0 aliphatic carbocycles. The quantitative estimate of drug-likeness (QED) is 0.878. The molecular formula is C14H17N3O2. The lowest BCUT2D eigenvalue weighted by atomic mass is 10.1. The van der Waals surface area contributed by atoms with Gasteiger partial charge in [-0.25, -0.2) is 4.98 Å². The first kappa shape index (κ1) is 13.3. The van der Waals surface area contributed by atoms with Gasteiger partial charge in [-0.3, -0.25) is 4.79 Å². The first-order valence-electron chi connectivity index (χ1n) is 6.11. The number of aromatic nitrogens is 1. The number of nitrogens with two attached hydrogens (primary N) is 1. The Kier molecular flexibility index (Phi) is 3.97. The lowest BCUT2D eigenvalue weighted by molar-refractivity contribution is -0.123. The highest BCUT2D eigenvalue weighted by molar-refractivity contribution is 5.83. The van der Waals surface area contributed by atoms with Gasteiger partial charge in [0.05, 0.1) is 6.20 Å². The van der Waals surface area contributed by atoms with Crippen LogP contribution in [0, 0.1) is 6.92 Å². The van der Waals surface area contributed by atoms with Crippen LogP contribution in [0.15, 0.2) is 40.9 Å². The van der Waals surface area contributed by atoms with E-state index in [0.717, 1.165) is 5.56 Å². The summed E-state index contributed by atoms with van der Waals surface area (Å²) < 4.78 is 5.36. The average molecular weight is 259 g/mol. The topological polar surface area (TPSA) is 81.2 Å². The lowest BCUT2D eigenvalue weighted by Gasteiger charge is -2.15. The Bertz CT molecular complexity index is 551. The molecule has 19 heavy (non-hydrogen) atoms. The van der Waals surface area contributed by atoms with Crippen molar-refractivity contribution in [1.82, 2.24) is 10.3 Å². The van der Waals surface area contributed by atoms with Crippen LogP contribution in [-0.2, 0) is 4.79 Å². The van der Waals surface area contributed by atoms with E-state index in [-0.39, 0.29) is 11.9 Å². The molecule has 2 atom stereocenters. The van der Waals surface area contributed by atoms with Crippen LogP contribution in [0.2, 0.25) is 0 Å². The molecule has 5 heteroatoms. The molecule has 0 aliphatic heterocycles. The third kappa shape index (κ3) is 3.20. The van der Waals surface area contributed by atoms with Gasteiger partial charge in [-0.15, -0.1) is 0 Å². The maximum absolute atomic E-state index is 12.0. The number of carbonyl (C=O) groups excluding carboxylic acids is 1. The Morgan fingerprint density at radius 1 is 1.37 bits per heavy atom. The summed E-state index contributed by atoms with van der Waals surface area (Å²) in [5.41, 5.74) is 6.68. The molecule has 0 bridgehead atoms. The van der Waals surface area contributed by atoms with Crippen molar-refractivity contribution < 1.29 is 9.21 Å². The average Bonchev–Trinajstić information content (AvgIpc) is 2.85. The Labute approximate surface area is 111 Å². The highest BCUT2D eigenvalue weighted by Gasteiger charge is 2.20. The Morgan fingerprint density at radius 3 is 2.63 bits per heavy atom.